The van der Waals surface area contributed by atoms with Gasteiger partial charge in [0, 0.05) is 29.9 Å². The lowest BCUT2D eigenvalue weighted by Gasteiger charge is -2.19. The van der Waals surface area contributed by atoms with Gasteiger partial charge in [-0.05, 0) is 30.3 Å². The minimum atomic E-state index is -0.524. The summed E-state index contributed by atoms with van der Waals surface area (Å²) in [6.45, 7) is -0.0127. The molecule has 1 amide bonds. The Morgan fingerprint density at radius 2 is 2.00 bits per heavy atom. The standard InChI is InChI=1S/C15H13ClF2N2O/c1-20(8-11-12(16)3-2-4-13(11)18)15(21)10-6-5-9(17)7-14(10)19/h2-7H,8,19H2,1H3. The Morgan fingerprint density at radius 3 is 2.62 bits per heavy atom. The maximum atomic E-state index is 13.7. The van der Waals surface area contributed by atoms with E-state index in [0.29, 0.717) is 0 Å². The molecular weight excluding hydrogens is 298 g/mol. The zero-order valence-corrected chi connectivity index (χ0v) is 12.0. The van der Waals surface area contributed by atoms with Gasteiger partial charge in [-0.1, -0.05) is 17.7 Å². The zero-order valence-electron chi connectivity index (χ0n) is 11.2. The summed E-state index contributed by atoms with van der Waals surface area (Å²) in [6, 6.07) is 7.81. The summed E-state index contributed by atoms with van der Waals surface area (Å²) in [5.41, 5.74) is 6.04. The second kappa shape index (κ2) is 6.10. The summed E-state index contributed by atoms with van der Waals surface area (Å²) in [5, 5.41) is 0.238. The van der Waals surface area contributed by atoms with E-state index in [1.54, 1.807) is 6.07 Å². The van der Waals surface area contributed by atoms with E-state index < -0.39 is 17.5 Å². The summed E-state index contributed by atoms with van der Waals surface area (Å²) < 4.78 is 26.7. The molecule has 2 rings (SSSR count). The van der Waals surface area contributed by atoms with Crippen molar-refractivity contribution in [3.63, 3.8) is 0 Å². The molecular formula is C15H13ClF2N2O. The fourth-order valence-corrected chi connectivity index (χ4v) is 2.15. The third kappa shape index (κ3) is 3.31. The number of anilines is 1. The number of rotatable bonds is 3. The summed E-state index contributed by atoms with van der Waals surface area (Å²) in [4.78, 5) is 13.5. The van der Waals surface area contributed by atoms with Crippen molar-refractivity contribution < 1.29 is 13.6 Å². The lowest BCUT2D eigenvalue weighted by molar-refractivity contribution is 0.0785. The lowest BCUT2D eigenvalue weighted by atomic mass is 10.1. The largest absolute Gasteiger partial charge is 0.398 e. The Hall–Kier alpha value is -2.14. The van der Waals surface area contributed by atoms with E-state index in [2.05, 4.69) is 0 Å². The van der Waals surface area contributed by atoms with Gasteiger partial charge in [0.2, 0.25) is 0 Å². The highest BCUT2D eigenvalue weighted by atomic mass is 35.5. The molecule has 0 aliphatic rings. The number of nitrogens with two attached hydrogens (primary N) is 1. The van der Waals surface area contributed by atoms with E-state index in [-0.39, 0.29) is 28.4 Å². The van der Waals surface area contributed by atoms with Crippen LogP contribution >= 0.6 is 11.6 Å². The number of halogens is 3. The van der Waals surface area contributed by atoms with E-state index in [4.69, 9.17) is 17.3 Å². The van der Waals surface area contributed by atoms with Gasteiger partial charge in [-0.15, -0.1) is 0 Å². The van der Waals surface area contributed by atoms with Crippen molar-refractivity contribution in [3.05, 3.63) is 64.2 Å². The molecule has 0 bridgehead atoms. The average molecular weight is 311 g/mol. The third-order valence-electron chi connectivity index (χ3n) is 3.05. The first-order valence-electron chi connectivity index (χ1n) is 6.13. The van der Waals surface area contributed by atoms with Gasteiger partial charge in [-0.25, -0.2) is 8.78 Å². The highest BCUT2D eigenvalue weighted by Crippen LogP contribution is 2.22. The second-order valence-corrected chi connectivity index (χ2v) is 5.00. The van der Waals surface area contributed by atoms with Gasteiger partial charge < -0.3 is 10.6 Å². The minimum absolute atomic E-state index is 0.0127. The van der Waals surface area contributed by atoms with Crippen LogP contribution in [-0.2, 0) is 6.54 Å². The van der Waals surface area contributed by atoms with Gasteiger partial charge in [0.15, 0.2) is 0 Å². The Bertz CT molecular complexity index is 671. The molecule has 0 radical (unpaired) electrons. The Morgan fingerprint density at radius 1 is 1.29 bits per heavy atom. The van der Waals surface area contributed by atoms with Crippen LogP contribution in [0.2, 0.25) is 5.02 Å². The number of amides is 1. The Labute approximate surface area is 125 Å². The summed E-state index contributed by atoms with van der Waals surface area (Å²) in [7, 11) is 1.49. The van der Waals surface area contributed by atoms with Crippen LogP contribution in [0.25, 0.3) is 0 Å². The molecule has 0 aromatic heterocycles. The molecule has 110 valence electrons. The van der Waals surface area contributed by atoms with Crippen LogP contribution in [-0.4, -0.2) is 17.9 Å². The van der Waals surface area contributed by atoms with Crippen molar-refractivity contribution in [2.45, 2.75) is 6.54 Å². The van der Waals surface area contributed by atoms with Crippen LogP contribution in [0.5, 0.6) is 0 Å². The molecule has 0 aliphatic heterocycles. The van der Waals surface area contributed by atoms with E-state index in [1.807, 2.05) is 0 Å². The van der Waals surface area contributed by atoms with Crippen LogP contribution in [0.1, 0.15) is 15.9 Å². The number of carbonyl (C=O) groups excluding carboxylic acids is 1. The van der Waals surface area contributed by atoms with E-state index >= 15 is 0 Å². The molecule has 0 saturated carbocycles. The predicted octanol–water partition coefficient (Wildman–Crippen LogP) is 3.47. The maximum absolute atomic E-state index is 13.7. The van der Waals surface area contributed by atoms with Crippen LogP contribution in [0.15, 0.2) is 36.4 Å². The molecule has 2 N–H and O–H groups in total. The fourth-order valence-electron chi connectivity index (χ4n) is 1.93. The molecule has 3 nitrogen and oxygen atoms in total. The summed E-state index contributed by atoms with van der Waals surface area (Å²) >= 11 is 5.92. The molecule has 0 unspecified atom stereocenters. The smallest absolute Gasteiger partial charge is 0.255 e. The maximum Gasteiger partial charge on any atom is 0.255 e. The SMILES string of the molecule is CN(Cc1c(F)cccc1Cl)C(=O)c1ccc(F)cc1N. The van der Waals surface area contributed by atoms with E-state index in [0.717, 1.165) is 12.1 Å². The number of nitrogen functional groups attached to an aromatic ring is 1. The second-order valence-electron chi connectivity index (χ2n) is 4.59. The normalized spacial score (nSPS) is 10.5. The highest BCUT2D eigenvalue weighted by Gasteiger charge is 2.18. The lowest BCUT2D eigenvalue weighted by Crippen LogP contribution is -2.27. The summed E-state index contributed by atoms with van der Waals surface area (Å²) in [6.07, 6.45) is 0. The molecule has 0 spiro atoms. The molecule has 2 aromatic rings. The van der Waals surface area contributed by atoms with Gasteiger partial charge >= 0.3 is 0 Å². The van der Waals surface area contributed by atoms with Gasteiger partial charge in [0.1, 0.15) is 11.6 Å². The van der Waals surface area contributed by atoms with E-state index in [1.165, 1.54) is 30.1 Å². The van der Waals surface area contributed by atoms with Crippen molar-refractivity contribution in [2.24, 2.45) is 0 Å². The topological polar surface area (TPSA) is 46.3 Å². The van der Waals surface area contributed by atoms with E-state index in [9.17, 15) is 13.6 Å². The molecule has 0 aliphatic carbocycles. The zero-order chi connectivity index (χ0) is 15.6. The molecule has 0 heterocycles. The van der Waals surface area contributed by atoms with Crippen LogP contribution in [0.3, 0.4) is 0 Å². The van der Waals surface area contributed by atoms with Gasteiger partial charge in [0.25, 0.3) is 5.91 Å². The molecule has 21 heavy (non-hydrogen) atoms. The number of nitrogens with zero attached hydrogens (tertiary/aromatic N) is 1. The van der Waals surface area contributed by atoms with Gasteiger partial charge in [-0.3, -0.25) is 4.79 Å². The van der Waals surface area contributed by atoms with Gasteiger partial charge in [0.05, 0.1) is 5.56 Å². The molecule has 2 aromatic carbocycles. The molecule has 0 saturated heterocycles. The minimum Gasteiger partial charge on any atom is -0.398 e. The third-order valence-corrected chi connectivity index (χ3v) is 3.40. The first-order valence-corrected chi connectivity index (χ1v) is 6.51. The van der Waals surface area contributed by atoms with Crippen molar-refractivity contribution in [1.29, 1.82) is 0 Å². The van der Waals surface area contributed by atoms with Crippen molar-refractivity contribution in [3.8, 4) is 0 Å². The van der Waals surface area contributed by atoms with Crippen LogP contribution in [0, 0.1) is 11.6 Å². The highest BCUT2D eigenvalue weighted by molar-refractivity contribution is 6.31. The van der Waals surface area contributed by atoms with Crippen molar-refractivity contribution in [1.82, 2.24) is 4.90 Å². The number of carbonyl (C=O) groups is 1. The van der Waals surface area contributed by atoms with Crippen molar-refractivity contribution >= 4 is 23.2 Å². The van der Waals surface area contributed by atoms with Gasteiger partial charge in [-0.2, -0.15) is 0 Å². The fraction of sp³-hybridized carbons (Fsp3) is 0.133. The monoisotopic (exact) mass is 310 g/mol. The Balaban J connectivity index is 2.24. The number of hydrogen-bond donors (Lipinski definition) is 1. The predicted molar refractivity (Wildman–Crippen MR) is 78.0 cm³/mol. The molecule has 0 fully saturated rings. The molecule has 6 heteroatoms. The number of hydrogen-bond acceptors (Lipinski definition) is 2. The average Bonchev–Trinajstić information content (AvgIpc) is 2.42. The van der Waals surface area contributed by atoms with Crippen molar-refractivity contribution in [2.75, 3.05) is 12.8 Å². The quantitative estimate of drug-likeness (QED) is 0.882. The Kier molecular flexibility index (Phi) is 4.43. The van der Waals surface area contributed by atoms with Crippen LogP contribution in [0.4, 0.5) is 14.5 Å². The number of benzene rings is 2. The molecule has 0 atom stereocenters. The first-order chi connectivity index (χ1) is 9.90. The summed E-state index contributed by atoms with van der Waals surface area (Å²) in [5.74, 6) is -1.45. The first kappa shape index (κ1) is 15.3. The van der Waals surface area contributed by atoms with Crippen LogP contribution < -0.4 is 5.73 Å².